The van der Waals surface area contributed by atoms with Crippen LogP contribution in [0.25, 0.3) is 10.9 Å². The molecule has 0 unspecified atom stereocenters. The molecule has 122 valence electrons. The largest absolute Gasteiger partial charge is 0.383 e. The van der Waals surface area contributed by atoms with Gasteiger partial charge in [0, 0.05) is 22.4 Å². The number of para-hydroxylation sites is 1. The number of rotatable bonds is 2. The SMILES string of the molecule is C[C@@H]1CNc2cc(Br)ccc2N1Cc1nc(N)c2ccccc2n1. The van der Waals surface area contributed by atoms with E-state index < -0.39 is 0 Å². The van der Waals surface area contributed by atoms with Crippen LogP contribution in [0.5, 0.6) is 0 Å². The summed E-state index contributed by atoms with van der Waals surface area (Å²) in [6, 6.07) is 14.5. The highest BCUT2D eigenvalue weighted by Crippen LogP contribution is 2.34. The Labute approximate surface area is 149 Å². The highest BCUT2D eigenvalue weighted by atomic mass is 79.9. The van der Waals surface area contributed by atoms with Gasteiger partial charge >= 0.3 is 0 Å². The van der Waals surface area contributed by atoms with Crippen molar-refractivity contribution in [2.24, 2.45) is 0 Å². The van der Waals surface area contributed by atoms with E-state index in [1.54, 1.807) is 0 Å². The Morgan fingerprint density at radius 1 is 1.25 bits per heavy atom. The van der Waals surface area contributed by atoms with E-state index in [0.717, 1.165) is 39.1 Å². The normalized spacial score (nSPS) is 16.8. The lowest BCUT2D eigenvalue weighted by Gasteiger charge is -2.37. The van der Waals surface area contributed by atoms with Crippen LogP contribution in [0.2, 0.25) is 0 Å². The fourth-order valence-corrected chi connectivity index (χ4v) is 3.48. The van der Waals surface area contributed by atoms with Crippen LogP contribution in [0.4, 0.5) is 17.2 Å². The second-order valence-corrected chi connectivity index (χ2v) is 6.98. The van der Waals surface area contributed by atoms with Crippen LogP contribution in [0, 0.1) is 0 Å². The molecule has 5 nitrogen and oxygen atoms in total. The molecule has 0 amide bonds. The third kappa shape index (κ3) is 2.67. The zero-order valence-corrected chi connectivity index (χ0v) is 14.9. The zero-order valence-electron chi connectivity index (χ0n) is 13.3. The Bertz CT molecular complexity index is 911. The lowest BCUT2D eigenvalue weighted by atomic mass is 10.1. The quantitative estimate of drug-likeness (QED) is 0.704. The lowest BCUT2D eigenvalue weighted by Crippen LogP contribution is -2.42. The van der Waals surface area contributed by atoms with Crippen molar-refractivity contribution in [1.29, 1.82) is 0 Å². The van der Waals surface area contributed by atoms with Crippen molar-refractivity contribution < 1.29 is 0 Å². The molecule has 0 bridgehead atoms. The van der Waals surface area contributed by atoms with E-state index in [-0.39, 0.29) is 0 Å². The van der Waals surface area contributed by atoms with E-state index >= 15 is 0 Å². The summed E-state index contributed by atoms with van der Waals surface area (Å²) in [6.45, 7) is 3.71. The zero-order chi connectivity index (χ0) is 16.7. The molecule has 4 rings (SSSR count). The second-order valence-electron chi connectivity index (χ2n) is 6.06. The van der Waals surface area contributed by atoms with Crippen LogP contribution < -0.4 is 16.0 Å². The summed E-state index contributed by atoms with van der Waals surface area (Å²) in [7, 11) is 0. The van der Waals surface area contributed by atoms with E-state index in [2.05, 4.69) is 56.3 Å². The van der Waals surface area contributed by atoms with Crippen molar-refractivity contribution in [3.05, 3.63) is 52.8 Å². The molecule has 3 aromatic rings. The highest BCUT2D eigenvalue weighted by molar-refractivity contribution is 9.10. The van der Waals surface area contributed by atoms with Gasteiger partial charge in [-0.1, -0.05) is 28.1 Å². The molecule has 2 aromatic carbocycles. The summed E-state index contributed by atoms with van der Waals surface area (Å²) in [5.41, 5.74) is 9.29. The maximum atomic E-state index is 6.12. The summed E-state index contributed by atoms with van der Waals surface area (Å²) < 4.78 is 1.06. The molecule has 1 aromatic heterocycles. The maximum absolute atomic E-state index is 6.12. The first-order chi connectivity index (χ1) is 11.6. The van der Waals surface area contributed by atoms with Crippen LogP contribution in [-0.4, -0.2) is 22.6 Å². The smallest absolute Gasteiger partial charge is 0.150 e. The summed E-state index contributed by atoms with van der Waals surface area (Å²) in [4.78, 5) is 11.5. The van der Waals surface area contributed by atoms with E-state index in [0.29, 0.717) is 18.4 Å². The first-order valence-electron chi connectivity index (χ1n) is 7.93. The Morgan fingerprint density at radius 3 is 2.96 bits per heavy atom. The van der Waals surface area contributed by atoms with Gasteiger partial charge in [-0.05, 0) is 37.3 Å². The van der Waals surface area contributed by atoms with Crippen LogP contribution in [0.15, 0.2) is 46.9 Å². The Kier molecular flexibility index (Phi) is 3.76. The molecule has 0 radical (unpaired) electrons. The standard InChI is InChI=1S/C18H18BrN5/c1-11-9-21-15-8-12(19)6-7-16(15)24(11)10-17-22-14-5-3-2-4-13(14)18(20)23-17/h2-8,11,21H,9-10H2,1H3,(H2,20,22,23)/t11-/m1/s1. The van der Waals surface area contributed by atoms with Gasteiger partial charge in [-0.25, -0.2) is 9.97 Å². The van der Waals surface area contributed by atoms with Crippen molar-refractivity contribution in [2.75, 3.05) is 22.5 Å². The van der Waals surface area contributed by atoms with Gasteiger partial charge in [0.15, 0.2) is 5.82 Å². The molecule has 3 N–H and O–H groups in total. The van der Waals surface area contributed by atoms with Gasteiger partial charge in [-0.15, -0.1) is 0 Å². The Morgan fingerprint density at radius 2 is 2.08 bits per heavy atom. The minimum Gasteiger partial charge on any atom is -0.383 e. The molecule has 0 saturated carbocycles. The van der Waals surface area contributed by atoms with Crippen molar-refractivity contribution in [3.8, 4) is 0 Å². The molecule has 1 aliphatic heterocycles. The average molecular weight is 384 g/mol. The minimum absolute atomic E-state index is 0.343. The van der Waals surface area contributed by atoms with Crippen molar-refractivity contribution >= 4 is 44.0 Å². The number of anilines is 3. The van der Waals surface area contributed by atoms with E-state index in [4.69, 9.17) is 10.7 Å². The van der Waals surface area contributed by atoms with Crippen LogP contribution in [0.1, 0.15) is 12.7 Å². The number of nitrogens with two attached hydrogens (primary N) is 1. The summed E-state index contributed by atoms with van der Waals surface area (Å²) in [6.07, 6.45) is 0. The van der Waals surface area contributed by atoms with E-state index in [9.17, 15) is 0 Å². The molecule has 0 fully saturated rings. The molecule has 0 spiro atoms. The number of benzene rings is 2. The third-order valence-electron chi connectivity index (χ3n) is 4.38. The van der Waals surface area contributed by atoms with Gasteiger partial charge in [0.1, 0.15) is 5.82 Å². The number of halogens is 1. The number of aromatic nitrogens is 2. The Balaban J connectivity index is 1.73. The fraction of sp³-hybridized carbons (Fsp3) is 0.222. The van der Waals surface area contributed by atoms with Gasteiger partial charge in [0.05, 0.1) is 23.4 Å². The molecular formula is C18H18BrN5. The van der Waals surface area contributed by atoms with E-state index in [1.165, 1.54) is 0 Å². The molecule has 2 heterocycles. The average Bonchev–Trinajstić information content (AvgIpc) is 2.57. The molecule has 24 heavy (non-hydrogen) atoms. The first-order valence-corrected chi connectivity index (χ1v) is 8.72. The van der Waals surface area contributed by atoms with Crippen molar-refractivity contribution in [2.45, 2.75) is 19.5 Å². The maximum Gasteiger partial charge on any atom is 0.150 e. The third-order valence-corrected chi connectivity index (χ3v) is 4.87. The molecular weight excluding hydrogens is 366 g/mol. The first kappa shape index (κ1) is 15.2. The molecule has 1 atom stereocenters. The Hall–Kier alpha value is -2.34. The minimum atomic E-state index is 0.343. The summed E-state index contributed by atoms with van der Waals surface area (Å²) >= 11 is 3.53. The topological polar surface area (TPSA) is 67.1 Å². The number of nitrogens with zero attached hydrogens (tertiary/aromatic N) is 3. The van der Waals surface area contributed by atoms with Crippen LogP contribution >= 0.6 is 15.9 Å². The van der Waals surface area contributed by atoms with Gasteiger partial charge in [-0.2, -0.15) is 0 Å². The van der Waals surface area contributed by atoms with E-state index in [1.807, 2.05) is 24.3 Å². The van der Waals surface area contributed by atoms with Gasteiger partial charge in [0.25, 0.3) is 0 Å². The second kappa shape index (κ2) is 5.94. The van der Waals surface area contributed by atoms with Gasteiger partial charge in [0.2, 0.25) is 0 Å². The molecule has 1 aliphatic rings. The predicted molar refractivity (Wildman–Crippen MR) is 102 cm³/mol. The predicted octanol–water partition coefficient (Wildman–Crippen LogP) is 3.80. The van der Waals surface area contributed by atoms with Gasteiger partial charge < -0.3 is 16.0 Å². The molecule has 0 saturated heterocycles. The number of hydrogen-bond acceptors (Lipinski definition) is 5. The number of nitrogen functional groups attached to an aromatic ring is 1. The molecule has 0 aliphatic carbocycles. The van der Waals surface area contributed by atoms with Crippen molar-refractivity contribution in [3.63, 3.8) is 0 Å². The number of fused-ring (bicyclic) bond motifs is 2. The van der Waals surface area contributed by atoms with Gasteiger partial charge in [-0.3, -0.25) is 0 Å². The highest BCUT2D eigenvalue weighted by Gasteiger charge is 2.24. The molecule has 6 heteroatoms. The monoisotopic (exact) mass is 383 g/mol. The lowest BCUT2D eigenvalue weighted by molar-refractivity contribution is 0.628. The van der Waals surface area contributed by atoms with Crippen LogP contribution in [0.3, 0.4) is 0 Å². The van der Waals surface area contributed by atoms with Crippen LogP contribution in [-0.2, 0) is 6.54 Å². The summed E-state index contributed by atoms with van der Waals surface area (Å²) in [5.74, 6) is 1.28. The summed E-state index contributed by atoms with van der Waals surface area (Å²) in [5, 5.41) is 4.37. The number of nitrogens with one attached hydrogen (secondary N) is 1. The fourth-order valence-electron chi connectivity index (χ4n) is 3.12. The number of hydrogen-bond donors (Lipinski definition) is 2. The van der Waals surface area contributed by atoms with Crippen molar-refractivity contribution in [1.82, 2.24) is 9.97 Å².